The molecular formula is C9H8ClN3O. The van der Waals surface area contributed by atoms with Gasteiger partial charge in [-0.25, -0.2) is 0 Å². The van der Waals surface area contributed by atoms with Crippen LogP contribution in [0.4, 0.5) is 0 Å². The number of rotatable bonds is 2. The summed E-state index contributed by atoms with van der Waals surface area (Å²) in [4.78, 5) is 12.9. The first-order valence-electron chi connectivity index (χ1n) is 3.83. The van der Waals surface area contributed by atoms with E-state index in [1.807, 2.05) is 0 Å². The van der Waals surface area contributed by atoms with Crippen LogP contribution in [0.25, 0.3) is 0 Å². The molecule has 1 aromatic rings. The number of hydrogen-bond donors (Lipinski definition) is 0. The van der Waals surface area contributed by atoms with Crippen molar-refractivity contribution in [2.24, 2.45) is 0 Å². The molecule has 4 nitrogen and oxygen atoms in total. The molecule has 0 aliphatic carbocycles. The van der Waals surface area contributed by atoms with Crippen LogP contribution in [0.1, 0.15) is 10.5 Å². The van der Waals surface area contributed by atoms with Gasteiger partial charge in [-0.05, 0) is 12.1 Å². The molecule has 1 rings (SSSR count). The minimum atomic E-state index is -0.271. The molecule has 0 saturated heterocycles. The van der Waals surface area contributed by atoms with Gasteiger partial charge in [0.2, 0.25) is 0 Å². The summed E-state index contributed by atoms with van der Waals surface area (Å²) in [6.45, 7) is 0.239. The van der Waals surface area contributed by atoms with Crippen molar-refractivity contribution in [2.75, 3.05) is 13.6 Å². The normalized spacial score (nSPS) is 9.21. The second-order valence-electron chi connectivity index (χ2n) is 2.61. The summed E-state index contributed by atoms with van der Waals surface area (Å²) in [6, 6.07) is 3.01. The Bertz CT molecular complexity index is 369. The molecule has 1 heterocycles. The number of hydrogen-bond acceptors (Lipinski definition) is 3. The molecule has 0 radical (unpaired) electrons. The smallest absolute Gasteiger partial charge is 0.274 e. The van der Waals surface area contributed by atoms with Crippen molar-refractivity contribution >= 4 is 17.5 Å². The van der Waals surface area contributed by atoms with Gasteiger partial charge in [-0.15, -0.1) is 16.6 Å². The van der Waals surface area contributed by atoms with Crippen molar-refractivity contribution in [3.8, 4) is 12.3 Å². The van der Waals surface area contributed by atoms with Crippen molar-refractivity contribution in [2.45, 2.75) is 0 Å². The van der Waals surface area contributed by atoms with E-state index < -0.39 is 0 Å². The molecule has 0 bridgehead atoms. The van der Waals surface area contributed by atoms with Gasteiger partial charge in [0.15, 0.2) is 10.8 Å². The number of aromatic nitrogens is 2. The molecule has 0 aliphatic rings. The Hall–Kier alpha value is -1.60. The van der Waals surface area contributed by atoms with Crippen LogP contribution >= 0.6 is 11.6 Å². The lowest BCUT2D eigenvalue weighted by molar-refractivity contribution is 0.0805. The second kappa shape index (κ2) is 4.58. The fourth-order valence-electron chi connectivity index (χ4n) is 0.834. The van der Waals surface area contributed by atoms with Crippen LogP contribution in [0.15, 0.2) is 12.1 Å². The lowest BCUT2D eigenvalue weighted by atomic mass is 10.3. The van der Waals surface area contributed by atoms with Gasteiger partial charge >= 0.3 is 0 Å². The SMILES string of the molecule is C#CCN(C)C(=O)c1ccc(Cl)nn1. The molecule has 0 aliphatic heterocycles. The monoisotopic (exact) mass is 209 g/mol. The van der Waals surface area contributed by atoms with Crippen LogP contribution in [0.2, 0.25) is 5.15 Å². The molecule has 72 valence electrons. The zero-order valence-corrected chi connectivity index (χ0v) is 8.32. The fraction of sp³-hybridized carbons (Fsp3) is 0.222. The number of terminal acetylenes is 1. The van der Waals surface area contributed by atoms with Crippen molar-refractivity contribution in [3.63, 3.8) is 0 Å². The van der Waals surface area contributed by atoms with Gasteiger partial charge in [0, 0.05) is 7.05 Å². The van der Waals surface area contributed by atoms with E-state index in [0.29, 0.717) is 0 Å². The summed E-state index contributed by atoms with van der Waals surface area (Å²) < 4.78 is 0. The highest BCUT2D eigenvalue weighted by Gasteiger charge is 2.12. The van der Waals surface area contributed by atoms with E-state index >= 15 is 0 Å². The van der Waals surface area contributed by atoms with E-state index in [4.69, 9.17) is 18.0 Å². The summed E-state index contributed by atoms with van der Waals surface area (Å²) in [5.41, 5.74) is 0.229. The molecule has 14 heavy (non-hydrogen) atoms. The Labute approximate surface area is 86.9 Å². The summed E-state index contributed by atoms with van der Waals surface area (Å²) in [5.74, 6) is 2.09. The van der Waals surface area contributed by atoms with Gasteiger partial charge in [-0.2, -0.15) is 0 Å². The van der Waals surface area contributed by atoms with Crippen molar-refractivity contribution in [3.05, 3.63) is 23.0 Å². The van der Waals surface area contributed by atoms with Crippen molar-refractivity contribution in [1.82, 2.24) is 15.1 Å². The number of nitrogens with zero attached hydrogens (tertiary/aromatic N) is 3. The van der Waals surface area contributed by atoms with E-state index in [9.17, 15) is 4.79 Å². The topological polar surface area (TPSA) is 46.1 Å². The average molecular weight is 210 g/mol. The van der Waals surface area contributed by atoms with Crippen LogP contribution in [-0.2, 0) is 0 Å². The third-order valence-electron chi connectivity index (χ3n) is 1.53. The highest BCUT2D eigenvalue weighted by atomic mass is 35.5. The standard InChI is InChI=1S/C9H8ClN3O/c1-3-6-13(2)9(14)7-4-5-8(10)12-11-7/h1,4-5H,6H2,2H3. The molecule has 0 saturated carbocycles. The van der Waals surface area contributed by atoms with Gasteiger partial charge in [0.05, 0.1) is 6.54 Å². The Kier molecular flexibility index (Phi) is 3.43. The zero-order valence-electron chi connectivity index (χ0n) is 7.57. The maximum absolute atomic E-state index is 11.5. The summed E-state index contributed by atoms with van der Waals surface area (Å²) in [6.07, 6.45) is 5.07. The van der Waals surface area contributed by atoms with Crippen LogP contribution in [0.3, 0.4) is 0 Å². The third kappa shape index (κ3) is 2.44. The highest BCUT2D eigenvalue weighted by Crippen LogP contribution is 2.03. The van der Waals surface area contributed by atoms with E-state index in [-0.39, 0.29) is 23.3 Å². The molecule has 0 spiro atoms. The maximum Gasteiger partial charge on any atom is 0.274 e. The van der Waals surface area contributed by atoms with Gasteiger partial charge in [-0.3, -0.25) is 4.79 Å². The first-order chi connectivity index (χ1) is 6.65. The number of halogens is 1. The molecule has 0 atom stereocenters. The third-order valence-corrected chi connectivity index (χ3v) is 1.73. The predicted molar refractivity (Wildman–Crippen MR) is 52.8 cm³/mol. The molecule has 0 unspecified atom stereocenters. The first-order valence-corrected chi connectivity index (χ1v) is 4.21. The van der Waals surface area contributed by atoms with E-state index in [2.05, 4.69) is 16.1 Å². The minimum Gasteiger partial charge on any atom is -0.329 e. The van der Waals surface area contributed by atoms with Crippen LogP contribution in [0.5, 0.6) is 0 Å². The highest BCUT2D eigenvalue weighted by molar-refractivity contribution is 6.29. The van der Waals surface area contributed by atoms with Crippen LogP contribution < -0.4 is 0 Å². The Morgan fingerprint density at radius 3 is 2.86 bits per heavy atom. The summed E-state index contributed by atoms with van der Waals surface area (Å²) >= 11 is 5.53. The molecule has 1 aromatic heterocycles. The molecule has 0 aromatic carbocycles. The Balaban J connectivity index is 2.80. The molecule has 0 N–H and O–H groups in total. The van der Waals surface area contributed by atoms with E-state index in [0.717, 1.165) is 0 Å². The Morgan fingerprint density at radius 2 is 2.36 bits per heavy atom. The average Bonchev–Trinajstić information content (AvgIpc) is 2.18. The van der Waals surface area contributed by atoms with Gasteiger partial charge in [0.25, 0.3) is 5.91 Å². The molecule has 1 amide bonds. The number of amides is 1. The van der Waals surface area contributed by atoms with E-state index in [1.54, 1.807) is 7.05 Å². The van der Waals surface area contributed by atoms with Crippen LogP contribution in [-0.4, -0.2) is 34.6 Å². The van der Waals surface area contributed by atoms with Gasteiger partial charge in [0.1, 0.15) is 0 Å². The number of carbonyl (C=O) groups excluding carboxylic acids is 1. The predicted octanol–water partition coefficient (Wildman–Crippen LogP) is 0.835. The van der Waals surface area contributed by atoms with Crippen LogP contribution in [0, 0.1) is 12.3 Å². The summed E-state index contributed by atoms with van der Waals surface area (Å²) in [5, 5.41) is 7.45. The maximum atomic E-state index is 11.5. The second-order valence-corrected chi connectivity index (χ2v) is 2.99. The first kappa shape index (κ1) is 10.5. The zero-order chi connectivity index (χ0) is 10.6. The van der Waals surface area contributed by atoms with E-state index in [1.165, 1.54) is 17.0 Å². The lowest BCUT2D eigenvalue weighted by Crippen LogP contribution is -2.27. The van der Waals surface area contributed by atoms with Gasteiger partial charge < -0.3 is 4.90 Å². The fourth-order valence-corrected chi connectivity index (χ4v) is 0.935. The number of carbonyl (C=O) groups is 1. The summed E-state index contributed by atoms with van der Waals surface area (Å²) in [7, 11) is 1.60. The van der Waals surface area contributed by atoms with Crippen molar-refractivity contribution < 1.29 is 4.79 Å². The molecular weight excluding hydrogens is 202 g/mol. The quantitative estimate of drug-likeness (QED) is 0.678. The van der Waals surface area contributed by atoms with Crippen molar-refractivity contribution in [1.29, 1.82) is 0 Å². The lowest BCUT2D eigenvalue weighted by Gasteiger charge is -2.12. The largest absolute Gasteiger partial charge is 0.329 e. The molecule has 5 heteroatoms. The molecule has 0 fully saturated rings. The Morgan fingerprint density at radius 1 is 1.64 bits per heavy atom. The van der Waals surface area contributed by atoms with Gasteiger partial charge in [-0.1, -0.05) is 17.5 Å². The minimum absolute atomic E-state index is 0.229.